The van der Waals surface area contributed by atoms with Crippen molar-refractivity contribution in [1.29, 1.82) is 0 Å². The van der Waals surface area contributed by atoms with Crippen molar-refractivity contribution in [2.24, 2.45) is 0 Å². The summed E-state index contributed by atoms with van der Waals surface area (Å²) in [5.41, 5.74) is 0. The van der Waals surface area contributed by atoms with Gasteiger partial charge in [0.1, 0.15) is 18.8 Å². The van der Waals surface area contributed by atoms with Gasteiger partial charge in [-0.05, 0) is 0 Å². The maximum atomic E-state index is 11.4. The Kier molecular flexibility index (Phi) is 7.40. The summed E-state index contributed by atoms with van der Waals surface area (Å²) < 4.78 is 31.4. The predicted molar refractivity (Wildman–Crippen MR) is 74.2 cm³/mol. The molecule has 0 aliphatic carbocycles. The van der Waals surface area contributed by atoms with Gasteiger partial charge in [0, 0.05) is 35.0 Å². The van der Waals surface area contributed by atoms with Crippen molar-refractivity contribution in [3.63, 3.8) is 0 Å². The SMILES string of the molecule is CO[C@H]1O[C@H](COC(C)=O)[C@@H](OC(C)=O)[C@H](OC(C)=O)[C@@H]1OC. The molecular weight excluding hydrogens is 312 g/mol. The van der Waals surface area contributed by atoms with E-state index in [2.05, 4.69) is 0 Å². The molecule has 0 N–H and O–H groups in total. The van der Waals surface area contributed by atoms with E-state index in [4.69, 9.17) is 28.4 Å². The van der Waals surface area contributed by atoms with E-state index >= 15 is 0 Å². The first-order chi connectivity index (χ1) is 10.8. The number of carbonyl (C=O) groups is 3. The Hall–Kier alpha value is -1.71. The first-order valence-electron chi connectivity index (χ1n) is 6.99. The quantitative estimate of drug-likeness (QED) is 0.482. The smallest absolute Gasteiger partial charge is 0.303 e. The van der Waals surface area contributed by atoms with E-state index in [1.807, 2.05) is 0 Å². The van der Waals surface area contributed by atoms with Gasteiger partial charge in [0.25, 0.3) is 0 Å². The molecule has 0 unspecified atom stereocenters. The van der Waals surface area contributed by atoms with Crippen LogP contribution in [0.25, 0.3) is 0 Å². The number of esters is 3. The average Bonchev–Trinajstić information content (AvgIpc) is 2.45. The van der Waals surface area contributed by atoms with E-state index in [0.717, 1.165) is 0 Å². The van der Waals surface area contributed by atoms with Crippen LogP contribution >= 0.6 is 0 Å². The zero-order chi connectivity index (χ0) is 17.6. The number of hydrogen-bond donors (Lipinski definition) is 0. The zero-order valence-electron chi connectivity index (χ0n) is 13.8. The van der Waals surface area contributed by atoms with Crippen LogP contribution in [0.4, 0.5) is 0 Å². The minimum atomic E-state index is -1.01. The summed E-state index contributed by atoms with van der Waals surface area (Å²) >= 11 is 0. The molecule has 1 aliphatic heterocycles. The van der Waals surface area contributed by atoms with Gasteiger partial charge in [-0.15, -0.1) is 0 Å². The van der Waals surface area contributed by atoms with Crippen LogP contribution in [0.2, 0.25) is 0 Å². The summed E-state index contributed by atoms with van der Waals surface area (Å²) in [6.07, 6.45) is -4.56. The zero-order valence-corrected chi connectivity index (χ0v) is 13.8. The summed E-state index contributed by atoms with van der Waals surface area (Å²) in [6, 6.07) is 0. The highest BCUT2D eigenvalue weighted by Crippen LogP contribution is 2.28. The van der Waals surface area contributed by atoms with Gasteiger partial charge < -0.3 is 28.4 Å². The highest BCUT2D eigenvalue weighted by molar-refractivity contribution is 5.67. The summed E-state index contributed by atoms with van der Waals surface area (Å²) in [4.78, 5) is 33.8. The van der Waals surface area contributed by atoms with Gasteiger partial charge in [0.05, 0.1) is 0 Å². The standard InChI is InChI=1S/C14H22O9/c1-7(15)20-6-10-11(21-8(2)16)12(22-9(3)17)13(18-4)14(19-5)23-10/h10-14H,6H2,1-5H3/t10-,11-,12+,13+,14+/m1/s1. The number of carbonyl (C=O) groups excluding carboxylic acids is 3. The van der Waals surface area contributed by atoms with Crippen LogP contribution in [0.15, 0.2) is 0 Å². The second-order valence-corrected chi connectivity index (χ2v) is 4.93. The molecule has 0 bridgehead atoms. The third-order valence-corrected chi connectivity index (χ3v) is 3.15. The average molecular weight is 334 g/mol. The Morgan fingerprint density at radius 2 is 1.39 bits per heavy atom. The second kappa shape index (κ2) is 8.80. The van der Waals surface area contributed by atoms with E-state index in [0.29, 0.717) is 0 Å². The van der Waals surface area contributed by atoms with Gasteiger partial charge in [-0.25, -0.2) is 0 Å². The van der Waals surface area contributed by atoms with Gasteiger partial charge in [-0.2, -0.15) is 0 Å². The fourth-order valence-corrected chi connectivity index (χ4v) is 2.31. The number of rotatable bonds is 6. The molecule has 5 atom stereocenters. The van der Waals surface area contributed by atoms with Crippen molar-refractivity contribution in [1.82, 2.24) is 0 Å². The van der Waals surface area contributed by atoms with Crippen molar-refractivity contribution in [2.75, 3.05) is 20.8 Å². The first kappa shape index (κ1) is 19.3. The molecule has 0 aromatic heterocycles. The number of ether oxygens (including phenoxy) is 6. The minimum Gasteiger partial charge on any atom is -0.463 e. The molecule has 23 heavy (non-hydrogen) atoms. The molecule has 1 fully saturated rings. The summed E-state index contributed by atoms with van der Waals surface area (Å²) in [5, 5.41) is 0. The lowest BCUT2D eigenvalue weighted by Crippen LogP contribution is -2.62. The molecule has 1 rings (SSSR count). The van der Waals surface area contributed by atoms with Crippen LogP contribution in [0.3, 0.4) is 0 Å². The van der Waals surface area contributed by atoms with Gasteiger partial charge in [-0.1, -0.05) is 0 Å². The molecule has 1 saturated heterocycles. The van der Waals surface area contributed by atoms with Crippen LogP contribution < -0.4 is 0 Å². The van der Waals surface area contributed by atoms with E-state index in [1.54, 1.807) is 0 Å². The normalized spacial score (nSPS) is 30.4. The maximum absolute atomic E-state index is 11.4. The molecule has 9 nitrogen and oxygen atoms in total. The highest BCUT2D eigenvalue weighted by atomic mass is 16.7. The van der Waals surface area contributed by atoms with Crippen molar-refractivity contribution in [3.05, 3.63) is 0 Å². The fourth-order valence-electron chi connectivity index (χ4n) is 2.31. The molecule has 0 radical (unpaired) electrons. The number of hydrogen-bond acceptors (Lipinski definition) is 9. The molecular formula is C14H22O9. The fraction of sp³-hybridized carbons (Fsp3) is 0.786. The lowest BCUT2D eigenvalue weighted by molar-refractivity contribution is -0.304. The van der Waals surface area contributed by atoms with Crippen LogP contribution in [0.1, 0.15) is 20.8 Å². The van der Waals surface area contributed by atoms with Crippen molar-refractivity contribution >= 4 is 17.9 Å². The molecule has 0 aromatic carbocycles. The number of methoxy groups -OCH3 is 2. The Balaban J connectivity index is 3.08. The summed E-state index contributed by atoms with van der Waals surface area (Å²) in [6.45, 7) is 3.47. The van der Waals surface area contributed by atoms with E-state index in [9.17, 15) is 14.4 Å². The molecule has 0 amide bonds. The second-order valence-electron chi connectivity index (χ2n) is 4.93. The Morgan fingerprint density at radius 3 is 1.83 bits per heavy atom. The van der Waals surface area contributed by atoms with Crippen LogP contribution in [0, 0.1) is 0 Å². The van der Waals surface area contributed by atoms with Crippen molar-refractivity contribution in [2.45, 2.75) is 51.5 Å². The Labute approximate surface area is 134 Å². The van der Waals surface area contributed by atoms with Crippen LogP contribution in [-0.4, -0.2) is 69.4 Å². The van der Waals surface area contributed by atoms with Crippen LogP contribution in [0.5, 0.6) is 0 Å². The van der Waals surface area contributed by atoms with E-state index in [-0.39, 0.29) is 6.61 Å². The topological polar surface area (TPSA) is 107 Å². The van der Waals surface area contributed by atoms with Gasteiger partial charge >= 0.3 is 17.9 Å². The molecule has 0 spiro atoms. The lowest BCUT2D eigenvalue weighted by atomic mass is 9.98. The molecule has 0 aromatic rings. The monoisotopic (exact) mass is 334 g/mol. The molecule has 9 heteroatoms. The third kappa shape index (κ3) is 5.45. The third-order valence-electron chi connectivity index (χ3n) is 3.15. The molecule has 1 aliphatic rings. The predicted octanol–water partition coefficient (Wildman–Crippen LogP) is -0.201. The van der Waals surface area contributed by atoms with Gasteiger partial charge in [0.2, 0.25) is 0 Å². The Bertz CT molecular complexity index is 436. The molecule has 1 heterocycles. The summed E-state index contributed by atoms with van der Waals surface area (Å²) in [5.74, 6) is -1.71. The summed E-state index contributed by atoms with van der Waals surface area (Å²) in [7, 11) is 2.77. The van der Waals surface area contributed by atoms with Crippen LogP contribution in [-0.2, 0) is 42.8 Å². The Morgan fingerprint density at radius 1 is 0.826 bits per heavy atom. The lowest BCUT2D eigenvalue weighted by Gasteiger charge is -2.43. The maximum Gasteiger partial charge on any atom is 0.303 e. The van der Waals surface area contributed by atoms with E-state index in [1.165, 1.54) is 35.0 Å². The molecule has 0 saturated carbocycles. The van der Waals surface area contributed by atoms with Crippen molar-refractivity contribution < 1.29 is 42.8 Å². The van der Waals surface area contributed by atoms with Crippen molar-refractivity contribution in [3.8, 4) is 0 Å². The highest BCUT2D eigenvalue weighted by Gasteiger charge is 2.50. The molecule has 132 valence electrons. The van der Waals surface area contributed by atoms with E-state index < -0.39 is 48.6 Å². The van der Waals surface area contributed by atoms with Gasteiger partial charge in [-0.3, -0.25) is 14.4 Å². The minimum absolute atomic E-state index is 0.193. The largest absolute Gasteiger partial charge is 0.463 e. The van der Waals surface area contributed by atoms with Gasteiger partial charge in [0.15, 0.2) is 18.5 Å². The first-order valence-corrected chi connectivity index (χ1v) is 6.99.